The molecule has 0 aromatic carbocycles. The Bertz CT molecular complexity index is 542. The van der Waals surface area contributed by atoms with Gasteiger partial charge in [0, 0.05) is 0 Å². The summed E-state index contributed by atoms with van der Waals surface area (Å²) in [5, 5.41) is 0. The Kier molecular flexibility index (Phi) is 8.38. The number of likely N-dealkylation sites (N-methyl/N-ethyl adjacent to an activating group) is 2. The van der Waals surface area contributed by atoms with E-state index in [2.05, 4.69) is 75.2 Å². The number of rotatable bonds is 3. The number of piperazine rings is 2. The van der Waals surface area contributed by atoms with Crippen LogP contribution in [0.4, 0.5) is 0 Å². The second-order valence-electron chi connectivity index (χ2n) is 9.86. The van der Waals surface area contributed by atoms with Crippen molar-refractivity contribution in [3.63, 3.8) is 0 Å². The second-order valence-corrected chi connectivity index (χ2v) is 16.3. The van der Waals surface area contributed by atoms with Gasteiger partial charge < -0.3 is 0 Å². The second kappa shape index (κ2) is 9.58. The Morgan fingerprint density at radius 3 is 1.32 bits per heavy atom. The summed E-state index contributed by atoms with van der Waals surface area (Å²) in [4.78, 5) is 9.66. The van der Waals surface area contributed by atoms with Crippen LogP contribution in [0.3, 0.4) is 0 Å². The van der Waals surface area contributed by atoms with E-state index in [4.69, 9.17) is 13.8 Å². The molecule has 0 aromatic heterocycles. The Hall–Kier alpha value is 0.228. The topological polar surface area (TPSA) is 43.8 Å². The quantitative estimate of drug-likeness (QED) is 0.289. The fraction of sp³-hybridized carbons (Fsp3) is 0.947. The van der Waals surface area contributed by atoms with Crippen LogP contribution >= 0.6 is 5.50 Å². The van der Waals surface area contributed by atoms with Gasteiger partial charge in [-0.05, 0) is 0 Å². The molecular weight excluding hydrogens is 545 g/mol. The molecule has 0 N–H and O–H groups in total. The Morgan fingerprint density at radius 2 is 1.04 bits per heavy atom. The van der Waals surface area contributed by atoms with Crippen molar-refractivity contribution in [1.82, 2.24) is 19.6 Å². The van der Waals surface area contributed by atoms with Crippen LogP contribution in [0.2, 0.25) is 0 Å². The van der Waals surface area contributed by atoms with E-state index in [0.29, 0.717) is 0 Å². The van der Waals surface area contributed by atoms with Crippen molar-refractivity contribution in [2.45, 2.75) is 52.7 Å². The average Bonchev–Trinajstić information content (AvgIpc) is 2.51. The van der Waals surface area contributed by atoms with Crippen molar-refractivity contribution in [3.05, 3.63) is 0 Å². The molecular formula is C19H40N5O2PW. The summed E-state index contributed by atoms with van der Waals surface area (Å²) in [6.45, 7) is 20.8. The third-order valence-corrected chi connectivity index (χ3v) is 9.03. The molecule has 0 bridgehead atoms. The molecule has 7 nitrogen and oxygen atoms in total. The summed E-state index contributed by atoms with van der Waals surface area (Å²) >= 11 is 1.29. The molecule has 2 saturated heterocycles. The molecule has 0 atom stereocenters. The van der Waals surface area contributed by atoms with Gasteiger partial charge >= 0.3 is 183 Å². The number of hydrogen-bond acceptors (Lipinski definition) is 5. The summed E-state index contributed by atoms with van der Waals surface area (Å²) in [5.41, 5.74) is -2.96. The molecule has 0 aromatic rings. The van der Waals surface area contributed by atoms with Gasteiger partial charge in [0.15, 0.2) is 0 Å². The summed E-state index contributed by atoms with van der Waals surface area (Å²) in [7, 11) is 4.38. The van der Waals surface area contributed by atoms with Crippen LogP contribution in [0.5, 0.6) is 0 Å². The van der Waals surface area contributed by atoms with Crippen LogP contribution in [0.1, 0.15) is 41.5 Å². The molecule has 0 radical (unpaired) electrons. The molecule has 0 amide bonds. The Balaban J connectivity index is 2.38. The predicted octanol–water partition coefficient (Wildman–Crippen LogP) is 2.69. The van der Waals surface area contributed by atoms with Crippen molar-refractivity contribution >= 4 is 11.5 Å². The van der Waals surface area contributed by atoms with Gasteiger partial charge in [0.05, 0.1) is 0 Å². The summed E-state index contributed by atoms with van der Waals surface area (Å²) < 4.78 is 18.4. The number of nitrogens with zero attached hydrogens (tertiary/aromatic N) is 5. The molecule has 0 aliphatic carbocycles. The minimum absolute atomic E-state index is 0.292. The molecule has 2 rings (SSSR count). The Labute approximate surface area is 182 Å². The number of hydrogen-bond donors (Lipinski definition) is 0. The van der Waals surface area contributed by atoms with E-state index in [9.17, 15) is 0 Å². The maximum absolute atomic E-state index is 6.52. The molecule has 2 aliphatic heterocycles. The zero-order chi connectivity index (χ0) is 21.2. The summed E-state index contributed by atoms with van der Waals surface area (Å²) in [6, 6.07) is 0. The third-order valence-electron chi connectivity index (χ3n) is 4.56. The maximum atomic E-state index is 6.52. The molecule has 0 spiro atoms. The van der Waals surface area contributed by atoms with Gasteiger partial charge in [-0.15, -0.1) is 0 Å². The van der Waals surface area contributed by atoms with Gasteiger partial charge in [-0.25, -0.2) is 0 Å². The van der Waals surface area contributed by atoms with Crippen molar-refractivity contribution in [2.75, 3.05) is 66.5 Å². The van der Waals surface area contributed by atoms with E-state index >= 15 is 0 Å². The van der Waals surface area contributed by atoms with Gasteiger partial charge in [0.2, 0.25) is 0 Å². The first kappa shape index (κ1) is 24.5. The van der Waals surface area contributed by atoms with E-state index in [-0.39, 0.29) is 11.2 Å². The monoisotopic (exact) mass is 585 g/mol. The van der Waals surface area contributed by atoms with Crippen molar-refractivity contribution in [2.24, 2.45) is 4.76 Å². The zero-order valence-electron chi connectivity index (χ0n) is 19.1. The van der Waals surface area contributed by atoms with Gasteiger partial charge in [0.25, 0.3) is 0 Å². The van der Waals surface area contributed by atoms with E-state index in [0.717, 1.165) is 58.3 Å². The van der Waals surface area contributed by atoms with Crippen molar-refractivity contribution < 1.29 is 27.9 Å². The molecule has 2 aliphatic rings. The number of guanidine groups is 1. The normalized spacial score (nSPS) is 21.1. The van der Waals surface area contributed by atoms with Gasteiger partial charge in [-0.1, -0.05) is 0 Å². The molecule has 2 heterocycles. The van der Waals surface area contributed by atoms with Crippen LogP contribution in [-0.4, -0.2) is 103 Å². The fourth-order valence-electron chi connectivity index (χ4n) is 3.20. The first-order valence-corrected chi connectivity index (χ1v) is 15.7. The zero-order valence-corrected chi connectivity index (χ0v) is 22.9. The van der Waals surface area contributed by atoms with E-state index in [1.807, 2.05) is 0 Å². The Morgan fingerprint density at radius 1 is 0.714 bits per heavy atom. The molecule has 164 valence electrons. The van der Waals surface area contributed by atoms with Gasteiger partial charge in [-0.3, -0.25) is 0 Å². The summed E-state index contributed by atoms with van der Waals surface area (Å²) in [6.07, 6.45) is 0. The molecule has 9 heteroatoms. The molecule has 28 heavy (non-hydrogen) atoms. The van der Waals surface area contributed by atoms with Crippen LogP contribution in [0.15, 0.2) is 4.76 Å². The predicted molar refractivity (Wildman–Crippen MR) is 114 cm³/mol. The van der Waals surface area contributed by atoms with Crippen LogP contribution in [0, 0.1) is 0 Å². The van der Waals surface area contributed by atoms with E-state index in [1.54, 1.807) is 0 Å². The molecule has 0 saturated carbocycles. The van der Waals surface area contributed by atoms with Crippen LogP contribution in [-0.2, 0) is 27.9 Å². The average molecular weight is 585 g/mol. The summed E-state index contributed by atoms with van der Waals surface area (Å²) in [5.74, 6) is 1.08. The van der Waals surface area contributed by atoms with E-state index < -0.39 is 5.50 Å². The first-order chi connectivity index (χ1) is 12.8. The van der Waals surface area contributed by atoms with Gasteiger partial charge in [-0.2, -0.15) is 0 Å². The molecule has 2 fully saturated rings. The standard InChI is InChI=1S/C19H40N5O2P.W/c1-18(2,3)25-27(26-19(4,5)6)20-17(23-13-9-21(7)10-14-23)24-15-11-22(8)12-16-24;/h9-16H2,1-8H3;. The van der Waals surface area contributed by atoms with Crippen molar-refractivity contribution in [3.8, 4) is 0 Å². The SMILES string of the molecule is CN1CCN(C(=N[P](=[W])(OC(C)(C)C)OC(C)(C)C)N2CCN(C)CC2)CC1. The van der Waals surface area contributed by atoms with E-state index in [1.165, 1.54) is 18.8 Å². The van der Waals surface area contributed by atoms with Crippen LogP contribution < -0.4 is 0 Å². The van der Waals surface area contributed by atoms with Gasteiger partial charge in [0.1, 0.15) is 0 Å². The van der Waals surface area contributed by atoms with Crippen molar-refractivity contribution in [1.29, 1.82) is 0 Å². The fourth-order valence-corrected chi connectivity index (χ4v) is 10.8. The van der Waals surface area contributed by atoms with Crippen LogP contribution in [0.25, 0.3) is 0 Å². The minimum atomic E-state index is -2.37. The third kappa shape index (κ3) is 8.16. The first-order valence-electron chi connectivity index (χ1n) is 10.3. The molecule has 0 unspecified atom stereocenters.